The summed E-state index contributed by atoms with van der Waals surface area (Å²) in [5.74, 6) is 0.388. The van der Waals surface area contributed by atoms with Gasteiger partial charge in [0.2, 0.25) is 0 Å². The van der Waals surface area contributed by atoms with Gasteiger partial charge >= 0.3 is 0 Å². The van der Waals surface area contributed by atoms with Gasteiger partial charge in [-0.25, -0.2) is 4.98 Å². The lowest BCUT2D eigenvalue weighted by atomic mass is 10.1. The third-order valence-electron chi connectivity index (χ3n) is 5.37. The number of hydrogen-bond acceptors (Lipinski definition) is 6. The van der Waals surface area contributed by atoms with Crippen LogP contribution in [0.4, 0.5) is 28.6 Å². The second-order valence-electron chi connectivity index (χ2n) is 7.81. The Hall–Kier alpha value is -5.22. The molecule has 3 aromatic carbocycles. The maximum atomic E-state index is 13.0. The zero-order chi connectivity index (χ0) is 24.0. The van der Waals surface area contributed by atoms with Crippen LogP contribution in [0.15, 0.2) is 104 Å². The van der Waals surface area contributed by atoms with Crippen molar-refractivity contribution in [2.24, 2.45) is 0 Å². The van der Waals surface area contributed by atoms with Crippen LogP contribution < -0.4 is 16.0 Å². The molecule has 0 unspecified atom stereocenters. The van der Waals surface area contributed by atoms with Crippen molar-refractivity contribution in [2.45, 2.75) is 0 Å². The molecule has 2 aromatic heterocycles. The Balaban J connectivity index is 1.33. The molecule has 5 aromatic rings. The van der Waals surface area contributed by atoms with Crippen molar-refractivity contribution < 1.29 is 4.79 Å². The summed E-state index contributed by atoms with van der Waals surface area (Å²) in [5.41, 5.74) is 4.21. The highest BCUT2D eigenvalue weighted by Gasteiger charge is 2.10. The lowest BCUT2D eigenvalue weighted by Crippen LogP contribution is -2.12. The predicted octanol–water partition coefficient (Wildman–Crippen LogP) is 6.24. The van der Waals surface area contributed by atoms with E-state index in [2.05, 4.69) is 32.0 Å². The zero-order valence-electron chi connectivity index (χ0n) is 18.6. The molecule has 0 aliphatic carbocycles. The molecule has 35 heavy (non-hydrogen) atoms. The molecule has 0 atom stereocenters. The molecule has 7 heteroatoms. The fourth-order valence-corrected chi connectivity index (χ4v) is 3.69. The number of carbonyl (C=O) groups excluding carboxylic acids is 1. The van der Waals surface area contributed by atoms with E-state index in [1.807, 2.05) is 60.7 Å². The standard InChI is InChI=1S/C28H20N6O/c29-18-19-7-8-20-9-14-31-27(26(20)15-19)33-23-4-1-3-21(16-23)28(35)34-25-6-2-5-24(17-25)32-22-10-12-30-13-11-22/h1-17H,(H,30,32)(H,31,33)(H,34,35). The van der Waals surface area contributed by atoms with Gasteiger partial charge in [0.1, 0.15) is 5.82 Å². The molecule has 168 valence electrons. The fraction of sp³-hybridized carbons (Fsp3) is 0. The van der Waals surface area contributed by atoms with E-state index < -0.39 is 0 Å². The van der Waals surface area contributed by atoms with Gasteiger partial charge in [-0.2, -0.15) is 5.26 Å². The first-order valence-electron chi connectivity index (χ1n) is 10.9. The molecule has 0 aliphatic heterocycles. The van der Waals surface area contributed by atoms with E-state index >= 15 is 0 Å². The number of anilines is 5. The largest absolute Gasteiger partial charge is 0.355 e. The number of carbonyl (C=O) groups is 1. The Morgan fingerprint density at radius 3 is 2.34 bits per heavy atom. The minimum Gasteiger partial charge on any atom is -0.355 e. The number of hydrogen-bond donors (Lipinski definition) is 3. The van der Waals surface area contributed by atoms with Crippen LogP contribution in [0.2, 0.25) is 0 Å². The Labute approximate surface area is 202 Å². The van der Waals surface area contributed by atoms with Crippen molar-refractivity contribution >= 4 is 45.2 Å². The maximum absolute atomic E-state index is 13.0. The van der Waals surface area contributed by atoms with Gasteiger partial charge in [-0.3, -0.25) is 9.78 Å². The summed E-state index contributed by atoms with van der Waals surface area (Å²) in [6.45, 7) is 0. The summed E-state index contributed by atoms with van der Waals surface area (Å²) < 4.78 is 0. The molecule has 5 rings (SSSR count). The van der Waals surface area contributed by atoms with Gasteiger partial charge in [0, 0.05) is 52.3 Å². The summed E-state index contributed by atoms with van der Waals surface area (Å²) in [6.07, 6.45) is 5.14. The number of nitrogens with zero attached hydrogens (tertiary/aromatic N) is 3. The smallest absolute Gasteiger partial charge is 0.255 e. The highest BCUT2D eigenvalue weighted by molar-refractivity contribution is 6.05. The summed E-state index contributed by atoms with van der Waals surface area (Å²) in [7, 11) is 0. The van der Waals surface area contributed by atoms with E-state index in [0.29, 0.717) is 28.3 Å². The third kappa shape index (κ3) is 5.07. The van der Waals surface area contributed by atoms with E-state index in [4.69, 9.17) is 0 Å². The minimum atomic E-state index is -0.229. The highest BCUT2D eigenvalue weighted by atomic mass is 16.1. The van der Waals surface area contributed by atoms with E-state index in [9.17, 15) is 10.1 Å². The number of nitriles is 1. The van der Waals surface area contributed by atoms with Crippen molar-refractivity contribution in [3.63, 3.8) is 0 Å². The normalized spacial score (nSPS) is 10.4. The van der Waals surface area contributed by atoms with Crippen LogP contribution in [-0.2, 0) is 0 Å². The van der Waals surface area contributed by atoms with E-state index in [0.717, 1.165) is 22.1 Å². The van der Waals surface area contributed by atoms with Crippen LogP contribution >= 0.6 is 0 Å². The lowest BCUT2D eigenvalue weighted by Gasteiger charge is -2.12. The average molecular weight is 457 g/mol. The van der Waals surface area contributed by atoms with Crippen molar-refractivity contribution in [1.29, 1.82) is 5.26 Å². The van der Waals surface area contributed by atoms with Crippen LogP contribution in [0.1, 0.15) is 15.9 Å². The van der Waals surface area contributed by atoms with Gasteiger partial charge < -0.3 is 16.0 Å². The number of aromatic nitrogens is 2. The summed E-state index contributed by atoms with van der Waals surface area (Å²) >= 11 is 0. The molecule has 2 heterocycles. The molecule has 1 amide bonds. The third-order valence-corrected chi connectivity index (χ3v) is 5.37. The van der Waals surface area contributed by atoms with Crippen molar-refractivity contribution in [3.05, 3.63) is 115 Å². The zero-order valence-corrected chi connectivity index (χ0v) is 18.6. The van der Waals surface area contributed by atoms with E-state index in [1.165, 1.54) is 0 Å². The van der Waals surface area contributed by atoms with Gasteiger partial charge in [-0.05, 0) is 72.1 Å². The first-order chi connectivity index (χ1) is 17.2. The van der Waals surface area contributed by atoms with Gasteiger partial charge in [0.25, 0.3) is 5.91 Å². The molecular weight excluding hydrogens is 436 g/mol. The van der Waals surface area contributed by atoms with E-state index in [-0.39, 0.29) is 5.91 Å². The van der Waals surface area contributed by atoms with Crippen molar-refractivity contribution in [3.8, 4) is 6.07 Å². The number of amides is 1. The minimum absolute atomic E-state index is 0.229. The molecular formula is C28H20N6O. The number of pyridine rings is 2. The number of nitrogens with one attached hydrogen (secondary N) is 3. The number of rotatable bonds is 6. The first-order valence-corrected chi connectivity index (χ1v) is 10.9. The predicted molar refractivity (Wildman–Crippen MR) is 138 cm³/mol. The fourth-order valence-electron chi connectivity index (χ4n) is 3.69. The average Bonchev–Trinajstić information content (AvgIpc) is 2.89. The summed E-state index contributed by atoms with van der Waals surface area (Å²) in [4.78, 5) is 21.4. The SMILES string of the molecule is N#Cc1ccc2ccnc(Nc3cccc(C(=O)Nc4cccc(Nc5ccncc5)c4)c3)c2c1. The van der Waals surface area contributed by atoms with Gasteiger partial charge in [0.05, 0.1) is 11.6 Å². The summed E-state index contributed by atoms with van der Waals surface area (Å²) in [5, 5.41) is 20.6. The topological polar surface area (TPSA) is 103 Å². The van der Waals surface area contributed by atoms with Crippen LogP contribution in [0, 0.1) is 11.3 Å². The molecule has 3 N–H and O–H groups in total. The molecule has 0 saturated heterocycles. The second-order valence-corrected chi connectivity index (χ2v) is 7.81. The van der Waals surface area contributed by atoms with Crippen LogP contribution in [-0.4, -0.2) is 15.9 Å². The molecule has 0 saturated carbocycles. The number of fused-ring (bicyclic) bond motifs is 1. The Kier molecular flexibility index (Phi) is 6.01. The molecule has 0 radical (unpaired) electrons. The molecule has 0 aliphatic rings. The van der Waals surface area contributed by atoms with E-state index in [1.54, 1.807) is 42.9 Å². The Morgan fingerprint density at radius 2 is 1.51 bits per heavy atom. The maximum Gasteiger partial charge on any atom is 0.255 e. The van der Waals surface area contributed by atoms with Crippen molar-refractivity contribution in [2.75, 3.05) is 16.0 Å². The lowest BCUT2D eigenvalue weighted by molar-refractivity contribution is 0.102. The first kappa shape index (κ1) is 21.6. The molecule has 0 fully saturated rings. The molecule has 7 nitrogen and oxygen atoms in total. The van der Waals surface area contributed by atoms with Crippen LogP contribution in [0.25, 0.3) is 10.8 Å². The Bertz CT molecular complexity index is 1560. The highest BCUT2D eigenvalue weighted by Crippen LogP contribution is 2.26. The van der Waals surface area contributed by atoms with Gasteiger partial charge in [-0.15, -0.1) is 0 Å². The monoisotopic (exact) mass is 456 g/mol. The van der Waals surface area contributed by atoms with Crippen molar-refractivity contribution in [1.82, 2.24) is 9.97 Å². The Morgan fingerprint density at radius 1 is 0.743 bits per heavy atom. The summed E-state index contributed by atoms with van der Waals surface area (Å²) in [6, 6.07) is 28.0. The van der Waals surface area contributed by atoms with Crippen LogP contribution in [0.5, 0.6) is 0 Å². The van der Waals surface area contributed by atoms with Crippen LogP contribution in [0.3, 0.4) is 0 Å². The van der Waals surface area contributed by atoms with Gasteiger partial charge in [0.15, 0.2) is 0 Å². The van der Waals surface area contributed by atoms with Gasteiger partial charge in [-0.1, -0.05) is 18.2 Å². The molecule has 0 bridgehead atoms. The number of benzene rings is 3. The quantitative estimate of drug-likeness (QED) is 0.279. The molecule has 0 spiro atoms. The second kappa shape index (κ2) is 9.73.